The molecular formula is C19H24N6O8. The van der Waals surface area contributed by atoms with E-state index in [-0.39, 0.29) is 12.3 Å². The average molecular weight is 464 g/mol. The van der Waals surface area contributed by atoms with Crippen molar-refractivity contribution in [3.05, 3.63) is 30.3 Å². The molecule has 2 N–H and O–H groups in total. The van der Waals surface area contributed by atoms with Gasteiger partial charge < -0.3 is 34.0 Å². The number of aryl methyl sites for hydroxylation is 1. The Morgan fingerprint density at radius 1 is 1.12 bits per heavy atom. The highest BCUT2D eigenvalue weighted by Gasteiger charge is 2.42. The fraction of sp³-hybridized carbons (Fsp3) is 0.526. The number of rotatable bonds is 3. The maximum absolute atomic E-state index is 12.7. The molecule has 0 radical (unpaired) electrons. The van der Waals surface area contributed by atoms with Gasteiger partial charge in [0.05, 0.1) is 39.1 Å². The molecule has 14 nitrogen and oxygen atoms in total. The minimum absolute atomic E-state index is 0.0587. The Kier molecular flexibility index (Phi) is 7.84. The van der Waals surface area contributed by atoms with Crippen LogP contribution in [0.4, 0.5) is 5.82 Å². The van der Waals surface area contributed by atoms with Crippen molar-refractivity contribution in [3.8, 4) is 0 Å². The summed E-state index contributed by atoms with van der Waals surface area (Å²) < 4.78 is 17.0. The van der Waals surface area contributed by atoms with Gasteiger partial charge in [-0.1, -0.05) is 5.16 Å². The number of amides is 1. The molecule has 4 rings (SSSR count). The van der Waals surface area contributed by atoms with Crippen molar-refractivity contribution in [3.63, 3.8) is 0 Å². The molecule has 0 aromatic carbocycles. The zero-order valence-electron chi connectivity index (χ0n) is 17.9. The molecule has 2 aromatic heterocycles. The normalized spacial score (nSPS) is 20.5. The first-order chi connectivity index (χ1) is 15.8. The number of aromatic nitrogens is 4. The van der Waals surface area contributed by atoms with Crippen molar-refractivity contribution in [2.45, 2.75) is 18.9 Å². The third-order valence-corrected chi connectivity index (χ3v) is 4.88. The molecule has 0 saturated carbocycles. The smallest absolute Gasteiger partial charge is 0.414 e. The molecule has 0 bridgehead atoms. The largest absolute Gasteiger partial charge is 0.473 e. The SMILES string of the molecule is Cc1noc(CC(=O)N2CCOC3(COCCN(c4cnccn4)C3)C2)n1.O=C(O)C(=O)O. The van der Waals surface area contributed by atoms with E-state index in [2.05, 4.69) is 25.0 Å². The third-order valence-electron chi connectivity index (χ3n) is 4.88. The first-order valence-electron chi connectivity index (χ1n) is 10.0. The molecule has 2 fully saturated rings. The standard InChI is InChI=1S/C17H22N6O4.C2H2O4/c1-13-20-15(27-21-13)8-16(24)23-5-7-26-17(11-23)10-22(4-6-25-12-17)14-9-18-2-3-19-14;3-1(4)2(5)6/h2-3,9H,4-8,10-12H2,1H3;(H,3,4)(H,5,6). The molecule has 2 saturated heterocycles. The number of carboxylic acid groups (broad SMARTS) is 2. The molecule has 178 valence electrons. The highest BCUT2D eigenvalue weighted by atomic mass is 16.5. The molecule has 0 aliphatic carbocycles. The highest BCUT2D eigenvalue weighted by Crippen LogP contribution is 2.25. The number of hydrogen-bond acceptors (Lipinski definition) is 11. The predicted molar refractivity (Wildman–Crippen MR) is 108 cm³/mol. The van der Waals surface area contributed by atoms with Crippen molar-refractivity contribution in [2.24, 2.45) is 0 Å². The molecule has 2 aliphatic heterocycles. The summed E-state index contributed by atoms with van der Waals surface area (Å²) in [6.07, 6.45) is 5.12. The number of hydrogen-bond donors (Lipinski definition) is 2. The number of aliphatic carboxylic acids is 2. The fourth-order valence-corrected chi connectivity index (χ4v) is 3.45. The van der Waals surface area contributed by atoms with Crippen LogP contribution in [0.1, 0.15) is 11.7 Å². The van der Waals surface area contributed by atoms with Crippen LogP contribution in [0.3, 0.4) is 0 Å². The second kappa shape index (κ2) is 10.8. The first-order valence-corrected chi connectivity index (χ1v) is 10.0. The lowest BCUT2D eigenvalue weighted by Gasteiger charge is -2.43. The lowest BCUT2D eigenvalue weighted by molar-refractivity contribution is -0.159. The quantitative estimate of drug-likeness (QED) is 0.528. The van der Waals surface area contributed by atoms with E-state index in [0.717, 1.165) is 5.82 Å². The summed E-state index contributed by atoms with van der Waals surface area (Å²) in [6.45, 7) is 5.41. The third kappa shape index (κ3) is 6.66. The molecule has 1 atom stereocenters. The van der Waals surface area contributed by atoms with E-state index in [1.165, 1.54) is 0 Å². The topological polar surface area (TPSA) is 181 Å². The van der Waals surface area contributed by atoms with Crippen LogP contribution in [0, 0.1) is 6.92 Å². The number of carbonyl (C=O) groups is 3. The Bertz CT molecular complexity index is 958. The predicted octanol–water partition coefficient (Wildman–Crippen LogP) is -0.999. The van der Waals surface area contributed by atoms with Gasteiger partial charge in [0.25, 0.3) is 0 Å². The zero-order chi connectivity index (χ0) is 23.8. The molecule has 33 heavy (non-hydrogen) atoms. The molecule has 2 aliphatic rings. The van der Waals surface area contributed by atoms with Crippen molar-refractivity contribution < 1.29 is 38.6 Å². The molecule has 1 spiro atoms. The van der Waals surface area contributed by atoms with Gasteiger partial charge in [-0.2, -0.15) is 4.98 Å². The number of carbonyl (C=O) groups excluding carboxylic acids is 1. The van der Waals surface area contributed by atoms with Crippen LogP contribution in [0.15, 0.2) is 23.1 Å². The minimum atomic E-state index is -1.82. The molecule has 1 unspecified atom stereocenters. The number of anilines is 1. The van der Waals surface area contributed by atoms with Crippen LogP contribution in [0.25, 0.3) is 0 Å². The van der Waals surface area contributed by atoms with Gasteiger partial charge in [-0.25, -0.2) is 14.6 Å². The molecule has 14 heteroatoms. The number of morpholine rings is 1. The Morgan fingerprint density at radius 2 is 1.91 bits per heavy atom. The Labute approximate surface area is 188 Å². The van der Waals surface area contributed by atoms with E-state index in [1.54, 1.807) is 30.4 Å². The maximum atomic E-state index is 12.7. The number of carboxylic acids is 2. The van der Waals surface area contributed by atoms with Gasteiger partial charge in [0.15, 0.2) is 5.82 Å². The zero-order valence-corrected chi connectivity index (χ0v) is 17.9. The Morgan fingerprint density at radius 3 is 2.55 bits per heavy atom. The first kappa shape index (κ1) is 24.0. The van der Waals surface area contributed by atoms with Crippen LogP contribution in [0.2, 0.25) is 0 Å². The van der Waals surface area contributed by atoms with E-state index < -0.39 is 17.5 Å². The Balaban J connectivity index is 0.000000454. The van der Waals surface area contributed by atoms with Gasteiger partial charge in [0, 0.05) is 25.5 Å². The monoisotopic (exact) mass is 464 g/mol. The maximum Gasteiger partial charge on any atom is 0.414 e. The summed E-state index contributed by atoms with van der Waals surface area (Å²) in [5.74, 6) is -2.08. The fourth-order valence-electron chi connectivity index (χ4n) is 3.45. The summed E-state index contributed by atoms with van der Waals surface area (Å²) in [7, 11) is 0. The van der Waals surface area contributed by atoms with Crippen molar-refractivity contribution in [1.29, 1.82) is 0 Å². The molecule has 2 aromatic rings. The van der Waals surface area contributed by atoms with Crippen LogP contribution in [-0.2, 0) is 30.3 Å². The second-order valence-corrected chi connectivity index (χ2v) is 7.41. The highest BCUT2D eigenvalue weighted by molar-refractivity contribution is 6.27. The lowest BCUT2D eigenvalue weighted by atomic mass is 10.0. The van der Waals surface area contributed by atoms with E-state index in [0.29, 0.717) is 57.7 Å². The number of nitrogens with zero attached hydrogens (tertiary/aromatic N) is 6. The summed E-state index contributed by atoms with van der Waals surface area (Å²) in [5.41, 5.74) is -0.604. The van der Waals surface area contributed by atoms with Crippen molar-refractivity contribution in [1.82, 2.24) is 25.0 Å². The summed E-state index contributed by atoms with van der Waals surface area (Å²) in [6, 6.07) is 0. The molecule has 4 heterocycles. The summed E-state index contributed by atoms with van der Waals surface area (Å²) >= 11 is 0. The average Bonchev–Trinajstić information content (AvgIpc) is 3.10. The lowest BCUT2D eigenvalue weighted by Crippen LogP contribution is -2.60. The van der Waals surface area contributed by atoms with Gasteiger partial charge in [-0.3, -0.25) is 9.78 Å². The Hall–Kier alpha value is -3.65. The molecule has 1 amide bonds. The van der Waals surface area contributed by atoms with Gasteiger partial charge in [-0.05, 0) is 6.92 Å². The van der Waals surface area contributed by atoms with Crippen molar-refractivity contribution >= 4 is 23.7 Å². The summed E-state index contributed by atoms with van der Waals surface area (Å²) in [5, 5.41) is 18.5. The van der Waals surface area contributed by atoms with Crippen LogP contribution in [-0.4, -0.2) is 105 Å². The minimum Gasteiger partial charge on any atom is -0.473 e. The van der Waals surface area contributed by atoms with Gasteiger partial charge in [0.2, 0.25) is 11.8 Å². The number of ether oxygens (including phenoxy) is 2. The van der Waals surface area contributed by atoms with Crippen LogP contribution < -0.4 is 4.90 Å². The second-order valence-electron chi connectivity index (χ2n) is 7.41. The van der Waals surface area contributed by atoms with E-state index >= 15 is 0 Å². The van der Waals surface area contributed by atoms with E-state index in [1.807, 2.05) is 0 Å². The van der Waals surface area contributed by atoms with Gasteiger partial charge >= 0.3 is 11.9 Å². The van der Waals surface area contributed by atoms with Gasteiger partial charge in [0.1, 0.15) is 17.8 Å². The van der Waals surface area contributed by atoms with Crippen molar-refractivity contribution in [2.75, 3.05) is 50.9 Å². The van der Waals surface area contributed by atoms with Crippen LogP contribution in [0.5, 0.6) is 0 Å². The van der Waals surface area contributed by atoms with Crippen LogP contribution >= 0.6 is 0 Å². The van der Waals surface area contributed by atoms with E-state index in [4.69, 9.17) is 33.8 Å². The molecular weight excluding hydrogens is 440 g/mol. The van der Waals surface area contributed by atoms with Gasteiger partial charge in [-0.15, -0.1) is 0 Å². The summed E-state index contributed by atoms with van der Waals surface area (Å²) in [4.78, 5) is 47.4. The van der Waals surface area contributed by atoms with E-state index in [9.17, 15) is 4.79 Å².